The summed E-state index contributed by atoms with van der Waals surface area (Å²) in [6.45, 7) is 1.84. The molecule has 0 saturated carbocycles. The minimum atomic E-state index is -3.70. The molecule has 1 N–H and O–H groups in total. The number of benzene rings is 2. The lowest BCUT2D eigenvalue weighted by atomic mass is 10.0. The van der Waals surface area contributed by atoms with Crippen molar-refractivity contribution in [3.8, 4) is 11.5 Å². The van der Waals surface area contributed by atoms with Crippen molar-refractivity contribution in [3.63, 3.8) is 0 Å². The quantitative estimate of drug-likeness (QED) is 0.799. The molecule has 150 valence electrons. The Hall–Kier alpha value is -2.58. The Morgan fingerprint density at radius 2 is 1.82 bits per heavy atom. The van der Waals surface area contributed by atoms with Gasteiger partial charge in [-0.15, -0.1) is 0 Å². The second-order valence-electron chi connectivity index (χ2n) is 6.59. The van der Waals surface area contributed by atoms with Gasteiger partial charge in [-0.3, -0.25) is 4.79 Å². The van der Waals surface area contributed by atoms with Crippen molar-refractivity contribution in [1.82, 2.24) is 4.31 Å². The van der Waals surface area contributed by atoms with E-state index >= 15 is 0 Å². The molecule has 3 rings (SSSR count). The maximum atomic E-state index is 13.3. The second kappa shape index (κ2) is 8.20. The largest absolute Gasteiger partial charge is 0.497 e. The van der Waals surface area contributed by atoms with Crippen LogP contribution in [0.15, 0.2) is 47.4 Å². The van der Waals surface area contributed by atoms with Crippen molar-refractivity contribution in [2.24, 2.45) is 0 Å². The van der Waals surface area contributed by atoms with Crippen LogP contribution in [0.3, 0.4) is 0 Å². The number of nitrogens with one attached hydrogen (secondary N) is 1. The molecular formula is C20H24N2O5S. The summed E-state index contributed by atoms with van der Waals surface area (Å²) in [5.41, 5.74) is 1.34. The maximum absolute atomic E-state index is 13.3. The fraction of sp³-hybridized carbons (Fsp3) is 0.350. The van der Waals surface area contributed by atoms with E-state index < -0.39 is 10.0 Å². The number of carbonyl (C=O) groups is 1. The second-order valence-corrected chi connectivity index (χ2v) is 8.48. The van der Waals surface area contributed by atoms with E-state index in [4.69, 9.17) is 9.47 Å². The third-order valence-electron chi connectivity index (χ3n) is 4.78. The number of hydrogen-bond donors (Lipinski definition) is 1. The first-order valence-electron chi connectivity index (χ1n) is 8.98. The first-order valence-corrected chi connectivity index (χ1v) is 10.4. The Kier molecular flexibility index (Phi) is 5.90. The van der Waals surface area contributed by atoms with Crippen LogP contribution < -0.4 is 14.8 Å². The topological polar surface area (TPSA) is 84.9 Å². The number of hydrogen-bond acceptors (Lipinski definition) is 5. The summed E-state index contributed by atoms with van der Waals surface area (Å²) in [4.78, 5) is 11.3. The highest BCUT2D eigenvalue weighted by atomic mass is 32.2. The molecule has 1 saturated heterocycles. The summed E-state index contributed by atoms with van der Waals surface area (Å²) in [6, 6.07) is 11.3. The Morgan fingerprint density at radius 3 is 2.43 bits per heavy atom. The van der Waals surface area contributed by atoms with Crippen LogP contribution in [0, 0.1) is 0 Å². The summed E-state index contributed by atoms with van der Waals surface area (Å²) in [5, 5.41) is 2.64. The molecule has 7 nitrogen and oxygen atoms in total. The van der Waals surface area contributed by atoms with Crippen molar-refractivity contribution in [2.45, 2.75) is 30.7 Å². The molecule has 8 heteroatoms. The average Bonchev–Trinajstić information content (AvgIpc) is 3.18. The van der Waals surface area contributed by atoms with Crippen LogP contribution in [0.1, 0.15) is 31.4 Å². The molecule has 1 amide bonds. The molecule has 1 aliphatic heterocycles. The van der Waals surface area contributed by atoms with E-state index in [0.29, 0.717) is 30.2 Å². The molecule has 0 bridgehead atoms. The van der Waals surface area contributed by atoms with Gasteiger partial charge in [0.25, 0.3) is 0 Å². The first kappa shape index (κ1) is 20.2. The van der Waals surface area contributed by atoms with E-state index in [-0.39, 0.29) is 16.8 Å². The summed E-state index contributed by atoms with van der Waals surface area (Å²) in [6.07, 6.45) is 1.46. The molecule has 0 unspecified atom stereocenters. The molecule has 0 spiro atoms. The lowest BCUT2D eigenvalue weighted by Crippen LogP contribution is -2.31. The smallest absolute Gasteiger partial charge is 0.243 e. The van der Waals surface area contributed by atoms with Crippen LogP contribution in [0.2, 0.25) is 0 Å². The van der Waals surface area contributed by atoms with E-state index in [1.165, 1.54) is 23.4 Å². The predicted molar refractivity (Wildman–Crippen MR) is 106 cm³/mol. The number of methoxy groups -OCH3 is 2. The molecule has 1 aliphatic rings. The normalized spacial score (nSPS) is 17.3. The Labute approximate surface area is 165 Å². The van der Waals surface area contributed by atoms with Crippen LogP contribution in [0.4, 0.5) is 5.69 Å². The number of amides is 1. The average molecular weight is 404 g/mol. The fourth-order valence-electron chi connectivity index (χ4n) is 3.49. The number of ether oxygens (including phenoxy) is 2. The number of anilines is 1. The van der Waals surface area contributed by atoms with Crippen LogP contribution in [-0.4, -0.2) is 39.4 Å². The van der Waals surface area contributed by atoms with E-state index in [9.17, 15) is 13.2 Å². The molecule has 1 fully saturated rings. The summed E-state index contributed by atoms with van der Waals surface area (Å²) < 4.78 is 38.8. The highest BCUT2D eigenvalue weighted by Crippen LogP contribution is 2.41. The van der Waals surface area contributed by atoms with Crippen molar-refractivity contribution < 1.29 is 22.7 Å². The molecule has 0 aromatic heterocycles. The molecule has 0 aliphatic carbocycles. The van der Waals surface area contributed by atoms with Crippen LogP contribution in [0.25, 0.3) is 0 Å². The number of nitrogens with zero attached hydrogens (tertiary/aromatic N) is 1. The van der Waals surface area contributed by atoms with E-state index in [2.05, 4.69) is 5.32 Å². The van der Waals surface area contributed by atoms with Crippen LogP contribution in [0.5, 0.6) is 11.5 Å². The van der Waals surface area contributed by atoms with Gasteiger partial charge in [0.05, 0.1) is 25.2 Å². The molecule has 1 heterocycles. The zero-order valence-electron chi connectivity index (χ0n) is 16.1. The van der Waals surface area contributed by atoms with Crippen molar-refractivity contribution in [2.75, 3.05) is 26.1 Å². The van der Waals surface area contributed by atoms with Crippen LogP contribution >= 0.6 is 0 Å². The van der Waals surface area contributed by atoms with Crippen molar-refractivity contribution in [3.05, 3.63) is 48.0 Å². The third kappa shape index (κ3) is 3.98. The minimum Gasteiger partial charge on any atom is -0.497 e. The van der Waals surface area contributed by atoms with Gasteiger partial charge in [0.15, 0.2) is 0 Å². The highest BCUT2D eigenvalue weighted by molar-refractivity contribution is 7.89. The maximum Gasteiger partial charge on any atom is 0.243 e. The van der Waals surface area contributed by atoms with Gasteiger partial charge in [-0.2, -0.15) is 4.31 Å². The van der Waals surface area contributed by atoms with Crippen molar-refractivity contribution >= 4 is 21.6 Å². The molecule has 28 heavy (non-hydrogen) atoms. The van der Waals surface area contributed by atoms with E-state index in [1.54, 1.807) is 38.5 Å². The molecule has 1 atom stereocenters. The zero-order valence-corrected chi connectivity index (χ0v) is 17.0. The van der Waals surface area contributed by atoms with Gasteiger partial charge in [-0.1, -0.05) is 0 Å². The molecular weight excluding hydrogens is 380 g/mol. The Bertz CT molecular complexity index is 957. The van der Waals surface area contributed by atoms with Gasteiger partial charge in [-0.25, -0.2) is 8.42 Å². The summed E-state index contributed by atoms with van der Waals surface area (Å²) in [7, 11) is -0.557. The SMILES string of the molecule is COc1ccc(OC)c([C@@H]2CCCN2S(=O)(=O)c2ccc(NC(C)=O)cc2)c1. The number of carbonyl (C=O) groups excluding carboxylic acids is 1. The fourth-order valence-corrected chi connectivity index (χ4v) is 5.16. The Balaban J connectivity index is 1.95. The first-order chi connectivity index (χ1) is 13.4. The lowest BCUT2D eigenvalue weighted by molar-refractivity contribution is -0.114. The van der Waals surface area contributed by atoms with Gasteiger partial charge >= 0.3 is 0 Å². The third-order valence-corrected chi connectivity index (χ3v) is 6.70. The monoisotopic (exact) mass is 404 g/mol. The zero-order chi connectivity index (χ0) is 20.3. The van der Waals surface area contributed by atoms with E-state index in [0.717, 1.165) is 12.0 Å². The van der Waals surface area contributed by atoms with Gasteiger partial charge in [0.1, 0.15) is 11.5 Å². The van der Waals surface area contributed by atoms with E-state index in [1.807, 2.05) is 6.07 Å². The van der Waals surface area contributed by atoms with Crippen LogP contribution in [-0.2, 0) is 14.8 Å². The van der Waals surface area contributed by atoms with Gasteiger partial charge in [-0.05, 0) is 55.3 Å². The molecule has 2 aromatic rings. The molecule has 0 radical (unpaired) electrons. The predicted octanol–water partition coefficient (Wildman–Crippen LogP) is 3.19. The highest BCUT2D eigenvalue weighted by Gasteiger charge is 2.37. The Morgan fingerprint density at radius 1 is 1.11 bits per heavy atom. The molecule has 2 aromatic carbocycles. The van der Waals surface area contributed by atoms with Crippen molar-refractivity contribution in [1.29, 1.82) is 0 Å². The summed E-state index contributed by atoms with van der Waals surface area (Å²) in [5.74, 6) is 1.08. The number of rotatable bonds is 6. The van der Waals surface area contributed by atoms with Gasteiger partial charge in [0.2, 0.25) is 15.9 Å². The van der Waals surface area contributed by atoms with Gasteiger partial charge in [0, 0.05) is 24.7 Å². The standard InChI is InChI=1S/C20H24N2O5S/c1-14(23)21-15-6-9-17(10-7-15)28(24,25)22-12-4-5-19(22)18-13-16(26-2)8-11-20(18)27-3/h6-11,13,19H,4-5,12H2,1-3H3,(H,21,23)/t19-/m0/s1. The number of sulfonamides is 1. The minimum absolute atomic E-state index is 0.190. The van der Waals surface area contributed by atoms with Gasteiger partial charge < -0.3 is 14.8 Å². The summed E-state index contributed by atoms with van der Waals surface area (Å²) >= 11 is 0. The lowest BCUT2D eigenvalue weighted by Gasteiger charge is -2.26.